The van der Waals surface area contributed by atoms with E-state index in [-0.39, 0.29) is 0 Å². The van der Waals surface area contributed by atoms with Crippen LogP contribution in [0.15, 0.2) is 36.7 Å². The SMILES string of the molecule is Cc1nc2ccc(N3C[C@@H](C)N[C@@H](C)C3)nn2c1-c1ccncc1. The molecular weight excluding hydrogens is 300 g/mol. The molecule has 0 radical (unpaired) electrons. The maximum Gasteiger partial charge on any atom is 0.154 e. The first kappa shape index (κ1) is 15.1. The summed E-state index contributed by atoms with van der Waals surface area (Å²) in [6.45, 7) is 8.37. The molecule has 1 N–H and O–H groups in total. The zero-order valence-electron chi connectivity index (χ0n) is 14.3. The number of nitrogens with zero attached hydrogens (tertiary/aromatic N) is 5. The van der Waals surface area contributed by atoms with Gasteiger partial charge in [0.25, 0.3) is 0 Å². The van der Waals surface area contributed by atoms with Crippen LogP contribution in [0.3, 0.4) is 0 Å². The Labute approximate surface area is 141 Å². The number of nitrogens with one attached hydrogen (secondary N) is 1. The van der Waals surface area contributed by atoms with E-state index in [0.717, 1.165) is 41.5 Å². The third-order valence-corrected chi connectivity index (χ3v) is 4.47. The largest absolute Gasteiger partial charge is 0.352 e. The van der Waals surface area contributed by atoms with Crippen LogP contribution in [-0.4, -0.2) is 44.8 Å². The number of hydrogen-bond acceptors (Lipinski definition) is 5. The van der Waals surface area contributed by atoms with Crippen LogP contribution in [-0.2, 0) is 0 Å². The first-order chi connectivity index (χ1) is 11.6. The molecule has 24 heavy (non-hydrogen) atoms. The van der Waals surface area contributed by atoms with E-state index >= 15 is 0 Å². The van der Waals surface area contributed by atoms with Gasteiger partial charge < -0.3 is 10.2 Å². The molecule has 0 aromatic carbocycles. The fourth-order valence-corrected chi connectivity index (χ4v) is 3.56. The van der Waals surface area contributed by atoms with Crippen LogP contribution in [0.2, 0.25) is 0 Å². The van der Waals surface area contributed by atoms with Gasteiger partial charge in [0.15, 0.2) is 5.65 Å². The summed E-state index contributed by atoms with van der Waals surface area (Å²) < 4.78 is 1.96. The standard InChI is InChI=1S/C18H22N6/c1-12-10-23(11-13(2)20-12)17-5-4-16-21-14(3)18(24(16)22-17)15-6-8-19-9-7-15/h4-9,12-13,20H,10-11H2,1-3H3/t12-,13+. The van der Waals surface area contributed by atoms with Crippen molar-refractivity contribution in [1.82, 2.24) is 24.9 Å². The molecule has 1 aliphatic heterocycles. The van der Waals surface area contributed by atoms with E-state index in [9.17, 15) is 0 Å². The quantitative estimate of drug-likeness (QED) is 0.784. The van der Waals surface area contributed by atoms with Gasteiger partial charge in [0.1, 0.15) is 5.82 Å². The number of fused-ring (bicyclic) bond motifs is 1. The van der Waals surface area contributed by atoms with Gasteiger partial charge in [0.05, 0.1) is 11.4 Å². The van der Waals surface area contributed by atoms with Gasteiger partial charge >= 0.3 is 0 Å². The lowest BCUT2D eigenvalue weighted by Gasteiger charge is -2.36. The Morgan fingerprint density at radius 1 is 1.04 bits per heavy atom. The molecule has 2 atom stereocenters. The summed E-state index contributed by atoms with van der Waals surface area (Å²) in [5.74, 6) is 0.996. The van der Waals surface area contributed by atoms with Crippen molar-refractivity contribution in [2.75, 3.05) is 18.0 Å². The molecule has 1 saturated heterocycles. The number of imidazole rings is 1. The molecule has 0 saturated carbocycles. The molecule has 0 spiro atoms. The Morgan fingerprint density at radius 3 is 2.46 bits per heavy atom. The van der Waals surface area contributed by atoms with Gasteiger partial charge in [-0.15, -0.1) is 5.10 Å². The van der Waals surface area contributed by atoms with Crippen molar-refractivity contribution in [2.45, 2.75) is 32.9 Å². The second kappa shape index (κ2) is 5.87. The van der Waals surface area contributed by atoms with E-state index in [1.54, 1.807) is 12.4 Å². The Kier molecular flexibility index (Phi) is 3.69. The van der Waals surface area contributed by atoms with Crippen molar-refractivity contribution < 1.29 is 0 Å². The molecule has 1 fully saturated rings. The number of rotatable bonds is 2. The molecule has 1 aliphatic rings. The Hall–Kier alpha value is -2.47. The summed E-state index contributed by atoms with van der Waals surface area (Å²) in [4.78, 5) is 11.1. The number of pyridine rings is 1. The lowest BCUT2D eigenvalue weighted by molar-refractivity contribution is 0.404. The first-order valence-electron chi connectivity index (χ1n) is 8.39. The molecule has 4 rings (SSSR count). The van der Waals surface area contributed by atoms with Gasteiger partial charge in [0, 0.05) is 43.1 Å². The van der Waals surface area contributed by atoms with Crippen LogP contribution in [0.5, 0.6) is 0 Å². The number of hydrogen-bond donors (Lipinski definition) is 1. The highest BCUT2D eigenvalue weighted by molar-refractivity contribution is 5.66. The average molecular weight is 322 g/mol. The smallest absolute Gasteiger partial charge is 0.154 e. The maximum absolute atomic E-state index is 4.90. The molecule has 0 unspecified atom stereocenters. The first-order valence-corrected chi connectivity index (χ1v) is 8.39. The van der Waals surface area contributed by atoms with E-state index in [1.807, 2.05) is 23.6 Å². The minimum atomic E-state index is 0.454. The van der Waals surface area contributed by atoms with Crippen LogP contribution in [0.25, 0.3) is 16.9 Å². The third-order valence-electron chi connectivity index (χ3n) is 4.47. The van der Waals surface area contributed by atoms with Gasteiger partial charge in [-0.2, -0.15) is 0 Å². The van der Waals surface area contributed by atoms with Crippen molar-refractivity contribution in [3.8, 4) is 11.3 Å². The fraction of sp³-hybridized carbons (Fsp3) is 0.389. The van der Waals surface area contributed by atoms with E-state index in [1.165, 1.54) is 0 Å². The normalized spacial score (nSPS) is 21.4. The molecule has 3 aromatic heterocycles. The summed E-state index contributed by atoms with van der Waals surface area (Å²) in [6, 6.07) is 9.03. The number of anilines is 1. The lowest BCUT2D eigenvalue weighted by atomic mass is 10.1. The summed E-state index contributed by atoms with van der Waals surface area (Å²) in [7, 11) is 0. The van der Waals surface area contributed by atoms with E-state index in [4.69, 9.17) is 5.10 Å². The zero-order valence-corrected chi connectivity index (χ0v) is 14.3. The summed E-state index contributed by atoms with van der Waals surface area (Å²) >= 11 is 0. The minimum Gasteiger partial charge on any atom is -0.352 e. The molecular formula is C18H22N6. The molecule has 3 aromatic rings. The predicted molar refractivity (Wildman–Crippen MR) is 95.2 cm³/mol. The highest BCUT2D eigenvalue weighted by atomic mass is 15.4. The van der Waals surface area contributed by atoms with E-state index < -0.39 is 0 Å². The van der Waals surface area contributed by atoms with Crippen LogP contribution >= 0.6 is 0 Å². The van der Waals surface area contributed by atoms with Gasteiger partial charge in [-0.05, 0) is 45.0 Å². The third kappa shape index (κ3) is 2.63. The monoisotopic (exact) mass is 322 g/mol. The number of aromatic nitrogens is 4. The molecule has 4 heterocycles. The van der Waals surface area contributed by atoms with Gasteiger partial charge in [0.2, 0.25) is 0 Å². The lowest BCUT2D eigenvalue weighted by Crippen LogP contribution is -2.54. The second-order valence-electron chi connectivity index (χ2n) is 6.62. The van der Waals surface area contributed by atoms with Crippen molar-refractivity contribution in [2.24, 2.45) is 0 Å². The Bertz CT molecular complexity index is 847. The predicted octanol–water partition coefficient (Wildman–Crippen LogP) is 2.29. The van der Waals surface area contributed by atoms with E-state index in [2.05, 4.69) is 46.2 Å². The molecule has 124 valence electrons. The Balaban J connectivity index is 1.80. The molecule has 0 bridgehead atoms. The van der Waals surface area contributed by atoms with Gasteiger partial charge in [-0.25, -0.2) is 9.50 Å². The molecule has 6 nitrogen and oxygen atoms in total. The highest BCUT2D eigenvalue weighted by Gasteiger charge is 2.23. The van der Waals surface area contributed by atoms with E-state index in [0.29, 0.717) is 12.1 Å². The Morgan fingerprint density at radius 2 is 1.75 bits per heavy atom. The van der Waals surface area contributed by atoms with Crippen molar-refractivity contribution >= 4 is 11.5 Å². The fourth-order valence-electron chi connectivity index (χ4n) is 3.56. The van der Waals surface area contributed by atoms with Crippen molar-refractivity contribution in [3.05, 3.63) is 42.4 Å². The minimum absolute atomic E-state index is 0.454. The number of aryl methyl sites for hydroxylation is 1. The topological polar surface area (TPSA) is 58.4 Å². The highest BCUT2D eigenvalue weighted by Crippen LogP contribution is 2.25. The summed E-state index contributed by atoms with van der Waals surface area (Å²) in [6.07, 6.45) is 3.61. The molecule has 6 heteroatoms. The molecule has 0 amide bonds. The summed E-state index contributed by atoms with van der Waals surface area (Å²) in [5.41, 5.74) is 3.97. The van der Waals surface area contributed by atoms with Crippen molar-refractivity contribution in [1.29, 1.82) is 0 Å². The second-order valence-corrected chi connectivity index (χ2v) is 6.62. The van der Waals surface area contributed by atoms with Crippen LogP contribution < -0.4 is 10.2 Å². The van der Waals surface area contributed by atoms with Crippen LogP contribution in [0, 0.1) is 6.92 Å². The maximum atomic E-state index is 4.90. The van der Waals surface area contributed by atoms with Crippen LogP contribution in [0.1, 0.15) is 19.5 Å². The van der Waals surface area contributed by atoms with Crippen LogP contribution in [0.4, 0.5) is 5.82 Å². The number of piperazine rings is 1. The zero-order chi connectivity index (χ0) is 16.7. The average Bonchev–Trinajstić information content (AvgIpc) is 2.89. The van der Waals surface area contributed by atoms with Gasteiger partial charge in [-0.1, -0.05) is 0 Å². The van der Waals surface area contributed by atoms with Gasteiger partial charge in [-0.3, -0.25) is 4.98 Å². The summed E-state index contributed by atoms with van der Waals surface area (Å²) in [5, 5.41) is 8.46. The van der Waals surface area contributed by atoms with Crippen molar-refractivity contribution in [3.63, 3.8) is 0 Å². The molecule has 0 aliphatic carbocycles.